The Hall–Kier alpha value is -1.92. The topological polar surface area (TPSA) is 85.1 Å². The average molecular weight is 305 g/mol. The number of anilines is 1. The maximum absolute atomic E-state index is 12.6. The fourth-order valence-electron chi connectivity index (χ4n) is 2.06. The van der Waals surface area contributed by atoms with Crippen LogP contribution < -0.4 is 10.5 Å². The van der Waals surface area contributed by atoms with Crippen molar-refractivity contribution in [3.63, 3.8) is 0 Å². The number of nitrogens with zero attached hydrogens (tertiary/aromatic N) is 1. The van der Waals surface area contributed by atoms with Crippen molar-refractivity contribution < 1.29 is 8.42 Å². The number of hydrogen-bond acceptors (Lipinski definition) is 4. The number of aromatic nitrogens is 1. The quantitative estimate of drug-likeness (QED) is 0.887. The molecular formula is C15H19N3O2S. The van der Waals surface area contributed by atoms with Gasteiger partial charge in [0.1, 0.15) is 5.82 Å². The van der Waals surface area contributed by atoms with Gasteiger partial charge in [-0.15, -0.1) is 0 Å². The summed E-state index contributed by atoms with van der Waals surface area (Å²) >= 11 is 0. The molecule has 112 valence electrons. The molecule has 0 radical (unpaired) electrons. The Kier molecular flexibility index (Phi) is 4.59. The molecule has 0 aliphatic rings. The Morgan fingerprint density at radius 3 is 2.62 bits per heavy atom. The van der Waals surface area contributed by atoms with Crippen LogP contribution in [0.1, 0.15) is 23.7 Å². The average Bonchev–Trinajstić information content (AvgIpc) is 2.46. The van der Waals surface area contributed by atoms with E-state index < -0.39 is 10.0 Å². The van der Waals surface area contributed by atoms with Gasteiger partial charge >= 0.3 is 0 Å². The first-order chi connectivity index (χ1) is 9.96. The van der Waals surface area contributed by atoms with Crippen LogP contribution >= 0.6 is 0 Å². The van der Waals surface area contributed by atoms with Crippen LogP contribution in [0.2, 0.25) is 0 Å². The van der Waals surface area contributed by atoms with Gasteiger partial charge in [0.05, 0.1) is 4.90 Å². The summed E-state index contributed by atoms with van der Waals surface area (Å²) in [4.78, 5) is 4.43. The highest BCUT2D eigenvalue weighted by molar-refractivity contribution is 7.92. The molecule has 0 amide bonds. The lowest BCUT2D eigenvalue weighted by Crippen LogP contribution is -2.16. The van der Waals surface area contributed by atoms with E-state index in [9.17, 15) is 8.42 Å². The molecule has 5 nitrogen and oxygen atoms in total. The predicted octanol–water partition coefficient (Wildman–Crippen LogP) is 2.21. The molecule has 1 heterocycles. The highest BCUT2D eigenvalue weighted by Gasteiger charge is 2.19. The van der Waals surface area contributed by atoms with Crippen molar-refractivity contribution in [2.75, 3.05) is 4.72 Å². The van der Waals surface area contributed by atoms with Gasteiger partial charge in [0, 0.05) is 12.2 Å². The molecule has 2 rings (SSSR count). The lowest BCUT2D eigenvalue weighted by atomic mass is 10.1. The second-order valence-corrected chi connectivity index (χ2v) is 6.42. The lowest BCUT2D eigenvalue weighted by Gasteiger charge is -2.12. The summed E-state index contributed by atoms with van der Waals surface area (Å²) in [6, 6.07) is 10.5. The molecule has 0 aliphatic heterocycles. The van der Waals surface area contributed by atoms with Gasteiger partial charge in [-0.2, -0.15) is 0 Å². The lowest BCUT2D eigenvalue weighted by molar-refractivity contribution is 0.600. The Morgan fingerprint density at radius 2 is 2.00 bits per heavy atom. The van der Waals surface area contributed by atoms with Gasteiger partial charge in [-0.05, 0) is 42.7 Å². The minimum atomic E-state index is -3.67. The normalized spacial score (nSPS) is 11.4. The van der Waals surface area contributed by atoms with E-state index in [2.05, 4.69) is 9.71 Å². The van der Waals surface area contributed by atoms with E-state index >= 15 is 0 Å². The van der Waals surface area contributed by atoms with Crippen molar-refractivity contribution in [3.05, 3.63) is 53.2 Å². The molecule has 1 aromatic heterocycles. The van der Waals surface area contributed by atoms with Crippen molar-refractivity contribution in [2.24, 2.45) is 5.73 Å². The smallest absolute Gasteiger partial charge is 0.263 e. The highest BCUT2D eigenvalue weighted by atomic mass is 32.2. The molecule has 21 heavy (non-hydrogen) atoms. The van der Waals surface area contributed by atoms with E-state index in [1.54, 1.807) is 24.3 Å². The first-order valence-corrected chi connectivity index (χ1v) is 8.23. The summed E-state index contributed by atoms with van der Waals surface area (Å²) in [6.07, 6.45) is 0.627. The summed E-state index contributed by atoms with van der Waals surface area (Å²) in [5.74, 6) is 0.315. The molecule has 0 fully saturated rings. The first kappa shape index (κ1) is 15.5. The predicted molar refractivity (Wildman–Crippen MR) is 83.5 cm³/mol. The van der Waals surface area contributed by atoms with Crippen molar-refractivity contribution in [1.29, 1.82) is 0 Å². The number of hydrogen-bond donors (Lipinski definition) is 2. The molecule has 1 aromatic carbocycles. The molecule has 0 spiro atoms. The third-order valence-electron chi connectivity index (χ3n) is 3.16. The minimum Gasteiger partial charge on any atom is -0.326 e. The Morgan fingerprint density at radius 1 is 1.24 bits per heavy atom. The number of nitrogens with two attached hydrogens (primary N) is 1. The fraction of sp³-hybridized carbons (Fsp3) is 0.267. The number of pyridine rings is 1. The number of nitrogens with one attached hydrogen (secondary N) is 1. The SMILES string of the molecule is CCc1ccc(CN)cc1S(=O)(=O)Nc1cccc(C)n1. The van der Waals surface area contributed by atoms with Gasteiger partial charge in [0.25, 0.3) is 10.0 Å². The summed E-state index contributed by atoms with van der Waals surface area (Å²) in [5.41, 5.74) is 7.89. The van der Waals surface area contributed by atoms with Crippen LogP contribution in [0.3, 0.4) is 0 Å². The molecule has 0 atom stereocenters. The maximum atomic E-state index is 12.6. The minimum absolute atomic E-state index is 0.260. The maximum Gasteiger partial charge on any atom is 0.263 e. The summed E-state index contributed by atoms with van der Waals surface area (Å²) in [5, 5.41) is 0. The molecule has 0 saturated heterocycles. The van der Waals surface area contributed by atoms with Crippen LogP contribution in [0.15, 0.2) is 41.3 Å². The molecule has 2 aromatic rings. The largest absolute Gasteiger partial charge is 0.326 e. The summed E-state index contributed by atoms with van der Waals surface area (Å²) in [7, 11) is -3.67. The Balaban J connectivity index is 2.43. The summed E-state index contributed by atoms with van der Waals surface area (Å²) in [6.45, 7) is 4.03. The standard InChI is InChI=1S/C15H19N3O2S/c1-3-13-8-7-12(10-16)9-14(13)21(19,20)18-15-6-4-5-11(2)17-15/h4-9H,3,10,16H2,1-2H3,(H,17,18). The number of benzene rings is 1. The molecule has 0 saturated carbocycles. The van der Waals surface area contributed by atoms with Crippen molar-refractivity contribution in [1.82, 2.24) is 4.98 Å². The van der Waals surface area contributed by atoms with Gasteiger partial charge in [-0.3, -0.25) is 4.72 Å². The Labute approximate surface area is 125 Å². The molecule has 6 heteroatoms. The molecule has 0 bridgehead atoms. The van der Waals surface area contributed by atoms with Crippen LogP contribution in [-0.2, 0) is 23.0 Å². The third kappa shape index (κ3) is 3.59. The third-order valence-corrected chi connectivity index (χ3v) is 4.60. The fourth-order valence-corrected chi connectivity index (χ4v) is 3.42. The van der Waals surface area contributed by atoms with E-state index in [0.717, 1.165) is 16.8 Å². The van der Waals surface area contributed by atoms with Gasteiger partial charge in [0.2, 0.25) is 0 Å². The number of aryl methyl sites for hydroxylation is 2. The van der Waals surface area contributed by atoms with Crippen LogP contribution in [-0.4, -0.2) is 13.4 Å². The second kappa shape index (κ2) is 6.24. The van der Waals surface area contributed by atoms with Crippen LogP contribution in [0.25, 0.3) is 0 Å². The van der Waals surface area contributed by atoms with Gasteiger partial charge in [0.15, 0.2) is 0 Å². The van der Waals surface area contributed by atoms with Crippen molar-refractivity contribution in [3.8, 4) is 0 Å². The highest BCUT2D eigenvalue weighted by Crippen LogP contribution is 2.21. The van der Waals surface area contributed by atoms with Crippen LogP contribution in [0.5, 0.6) is 0 Å². The summed E-state index contributed by atoms with van der Waals surface area (Å²) < 4.78 is 27.7. The van der Waals surface area contributed by atoms with Crippen LogP contribution in [0.4, 0.5) is 5.82 Å². The van der Waals surface area contributed by atoms with E-state index in [0.29, 0.717) is 18.8 Å². The van der Waals surface area contributed by atoms with Crippen molar-refractivity contribution >= 4 is 15.8 Å². The number of rotatable bonds is 5. The molecule has 3 N–H and O–H groups in total. The zero-order chi connectivity index (χ0) is 15.5. The monoisotopic (exact) mass is 305 g/mol. The van der Waals surface area contributed by atoms with Gasteiger partial charge < -0.3 is 5.73 Å². The first-order valence-electron chi connectivity index (χ1n) is 6.74. The molecule has 0 unspecified atom stereocenters. The number of sulfonamides is 1. The molecular weight excluding hydrogens is 286 g/mol. The van der Waals surface area contributed by atoms with Gasteiger partial charge in [-0.25, -0.2) is 13.4 Å². The van der Waals surface area contributed by atoms with Gasteiger partial charge in [-0.1, -0.05) is 25.1 Å². The molecule has 0 aliphatic carbocycles. The zero-order valence-electron chi connectivity index (χ0n) is 12.1. The van der Waals surface area contributed by atoms with E-state index in [-0.39, 0.29) is 4.90 Å². The Bertz CT molecular complexity index is 742. The zero-order valence-corrected chi connectivity index (χ0v) is 12.9. The van der Waals surface area contributed by atoms with E-state index in [1.807, 2.05) is 26.0 Å². The van der Waals surface area contributed by atoms with E-state index in [1.165, 1.54) is 0 Å². The second-order valence-electron chi connectivity index (χ2n) is 4.77. The van der Waals surface area contributed by atoms with Crippen LogP contribution in [0, 0.1) is 6.92 Å². The van der Waals surface area contributed by atoms with Crippen molar-refractivity contribution in [2.45, 2.75) is 31.7 Å². The van der Waals surface area contributed by atoms with E-state index in [4.69, 9.17) is 5.73 Å².